The lowest BCUT2D eigenvalue weighted by atomic mass is 10.1. The number of hydrogen-bond donors (Lipinski definition) is 0. The van der Waals surface area contributed by atoms with Crippen LogP contribution in [0.25, 0.3) is 11.1 Å². The van der Waals surface area contributed by atoms with Crippen molar-refractivity contribution in [1.82, 2.24) is 14.9 Å². The topological polar surface area (TPSA) is 59.2 Å². The van der Waals surface area contributed by atoms with Crippen molar-refractivity contribution in [1.29, 1.82) is 0 Å². The predicted molar refractivity (Wildman–Crippen MR) is 86.2 cm³/mol. The summed E-state index contributed by atoms with van der Waals surface area (Å²) in [6.45, 7) is 3.40. The molecule has 4 rings (SSSR count). The molecule has 0 radical (unpaired) electrons. The van der Waals surface area contributed by atoms with E-state index < -0.39 is 0 Å². The second kappa shape index (κ2) is 5.50. The number of rotatable bonds is 2. The molecule has 1 atom stereocenters. The maximum atomic E-state index is 12.5. The molecule has 0 spiro atoms. The average Bonchev–Trinajstić information content (AvgIpc) is 3.21. The first-order chi connectivity index (χ1) is 11.2. The first-order valence-corrected chi connectivity index (χ1v) is 7.77. The number of carbonyl (C=O) groups excluding carboxylic acids is 1. The van der Waals surface area contributed by atoms with Gasteiger partial charge in [0.05, 0.1) is 11.5 Å². The van der Waals surface area contributed by atoms with Gasteiger partial charge < -0.3 is 9.32 Å². The summed E-state index contributed by atoms with van der Waals surface area (Å²) in [5.41, 5.74) is 3.48. The molecule has 1 aromatic carbocycles. The van der Waals surface area contributed by atoms with Gasteiger partial charge in [-0.05, 0) is 43.2 Å². The van der Waals surface area contributed by atoms with E-state index in [1.54, 1.807) is 24.5 Å². The molecule has 1 saturated heterocycles. The molecule has 2 aromatic heterocycles. The zero-order valence-corrected chi connectivity index (χ0v) is 12.9. The van der Waals surface area contributed by atoms with Crippen LogP contribution in [0.3, 0.4) is 0 Å². The number of likely N-dealkylation sites (tertiary alicyclic amines) is 1. The molecule has 1 amide bonds. The third-order valence-corrected chi connectivity index (χ3v) is 4.29. The molecule has 23 heavy (non-hydrogen) atoms. The van der Waals surface area contributed by atoms with Crippen molar-refractivity contribution >= 4 is 17.0 Å². The quantitative estimate of drug-likeness (QED) is 0.729. The molecule has 0 unspecified atom stereocenters. The van der Waals surface area contributed by atoms with Crippen LogP contribution in [0.4, 0.5) is 0 Å². The Hall–Kier alpha value is -2.69. The Morgan fingerprint density at radius 2 is 2.26 bits per heavy atom. The van der Waals surface area contributed by atoms with Gasteiger partial charge in [-0.2, -0.15) is 0 Å². The van der Waals surface area contributed by atoms with E-state index >= 15 is 0 Å². The standard InChI is InChI=1S/C18H17N3O2/c1-12-4-5-16-15(9-12)20-17(23-16)14-6-8-21(11-14)18(22)13-3-2-7-19-10-13/h2-5,7,9-10,14H,6,8,11H2,1H3/t14-/m1/s1. The minimum Gasteiger partial charge on any atom is -0.440 e. The zero-order valence-electron chi connectivity index (χ0n) is 12.9. The number of aryl methyl sites for hydroxylation is 1. The Labute approximate surface area is 134 Å². The number of benzene rings is 1. The van der Waals surface area contributed by atoms with Crippen molar-refractivity contribution in [3.05, 3.63) is 59.7 Å². The van der Waals surface area contributed by atoms with Gasteiger partial charge in [-0.1, -0.05) is 6.07 Å². The van der Waals surface area contributed by atoms with Gasteiger partial charge in [-0.25, -0.2) is 4.98 Å². The van der Waals surface area contributed by atoms with Gasteiger partial charge in [0.1, 0.15) is 5.52 Å². The Bertz CT molecular complexity index is 857. The lowest BCUT2D eigenvalue weighted by molar-refractivity contribution is 0.0789. The van der Waals surface area contributed by atoms with Gasteiger partial charge in [0.2, 0.25) is 0 Å². The van der Waals surface area contributed by atoms with E-state index in [2.05, 4.69) is 9.97 Å². The number of aromatic nitrogens is 2. The number of hydrogen-bond acceptors (Lipinski definition) is 4. The lowest BCUT2D eigenvalue weighted by Gasteiger charge is -2.15. The van der Waals surface area contributed by atoms with E-state index in [4.69, 9.17) is 4.42 Å². The summed E-state index contributed by atoms with van der Waals surface area (Å²) >= 11 is 0. The molecular weight excluding hydrogens is 290 g/mol. The summed E-state index contributed by atoms with van der Waals surface area (Å²) in [6, 6.07) is 9.57. The molecule has 1 aliphatic rings. The monoisotopic (exact) mass is 307 g/mol. The molecular formula is C18H17N3O2. The van der Waals surface area contributed by atoms with Crippen LogP contribution in [-0.4, -0.2) is 33.9 Å². The maximum Gasteiger partial charge on any atom is 0.255 e. The molecule has 0 saturated carbocycles. The Morgan fingerprint density at radius 1 is 1.35 bits per heavy atom. The first-order valence-electron chi connectivity index (χ1n) is 7.77. The summed E-state index contributed by atoms with van der Waals surface area (Å²) in [4.78, 5) is 22.9. The molecule has 0 aliphatic carbocycles. The van der Waals surface area contributed by atoms with Gasteiger partial charge in [-0.3, -0.25) is 9.78 Å². The van der Waals surface area contributed by atoms with E-state index in [0.29, 0.717) is 12.1 Å². The van der Waals surface area contributed by atoms with E-state index in [-0.39, 0.29) is 11.8 Å². The van der Waals surface area contributed by atoms with Crippen molar-refractivity contribution in [3.8, 4) is 0 Å². The van der Waals surface area contributed by atoms with Gasteiger partial charge in [-0.15, -0.1) is 0 Å². The number of pyridine rings is 1. The minimum atomic E-state index is 0.0209. The second-order valence-electron chi connectivity index (χ2n) is 6.00. The van der Waals surface area contributed by atoms with Crippen LogP contribution in [0.15, 0.2) is 47.1 Å². The highest BCUT2D eigenvalue weighted by molar-refractivity contribution is 5.94. The highest BCUT2D eigenvalue weighted by Gasteiger charge is 2.31. The van der Waals surface area contributed by atoms with Gasteiger partial charge >= 0.3 is 0 Å². The van der Waals surface area contributed by atoms with Crippen LogP contribution in [0.2, 0.25) is 0 Å². The minimum absolute atomic E-state index is 0.0209. The number of fused-ring (bicyclic) bond motifs is 1. The highest BCUT2D eigenvalue weighted by Crippen LogP contribution is 2.30. The fourth-order valence-electron chi connectivity index (χ4n) is 3.05. The Kier molecular flexibility index (Phi) is 3.33. The summed E-state index contributed by atoms with van der Waals surface area (Å²) in [5, 5.41) is 0. The predicted octanol–water partition coefficient (Wildman–Crippen LogP) is 3.16. The second-order valence-corrected chi connectivity index (χ2v) is 6.00. The average molecular weight is 307 g/mol. The van der Waals surface area contributed by atoms with Crippen LogP contribution in [-0.2, 0) is 0 Å². The molecule has 5 nitrogen and oxygen atoms in total. The third-order valence-electron chi connectivity index (χ3n) is 4.29. The summed E-state index contributed by atoms with van der Waals surface area (Å²) in [5.74, 6) is 0.906. The molecule has 0 N–H and O–H groups in total. The summed E-state index contributed by atoms with van der Waals surface area (Å²) < 4.78 is 5.88. The van der Waals surface area contributed by atoms with Gasteiger partial charge in [0, 0.05) is 25.5 Å². The largest absolute Gasteiger partial charge is 0.440 e. The molecule has 3 heterocycles. The van der Waals surface area contributed by atoms with Crippen LogP contribution >= 0.6 is 0 Å². The van der Waals surface area contributed by atoms with Crippen LogP contribution in [0.1, 0.15) is 34.2 Å². The van der Waals surface area contributed by atoms with Crippen LogP contribution in [0.5, 0.6) is 0 Å². The fourth-order valence-corrected chi connectivity index (χ4v) is 3.05. The first kappa shape index (κ1) is 13.9. The SMILES string of the molecule is Cc1ccc2oc([C@@H]3CCN(C(=O)c4cccnc4)C3)nc2c1. The van der Waals surface area contributed by atoms with Crippen molar-refractivity contribution in [2.75, 3.05) is 13.1 Å². The summed E-state index contributed by atoms with van der Waals surface area (Å²) in [6.07, 6.45) is 4.15. The number of amides is 1. The molecule has 5 heteroatoms. The lowest BCUT2D eigenvalue weighted by Crippen LogP contribution is -2.28. The molecule has 1 fully saturated rings. The number of nitrogens with zero attached hydrogens (tertiary/aromatic N) is 3. The van der Waals surface area contributed by atoms with E-state index in [1.807, 2.05) is 30.0 Å². The number of oxazole rings is 1. The van der Waals surface area contributed by atoms with Gasteiger partial charge in [0.25, 0.3) is 5.91 Å². The molecule has 1 aliphatic heterocycles. The molecule has 116 valence electrons. The van der Waals surface area contributed by atoms with Gasteiger partial charge in [0.15, 0.2) is 11.5 Å². The van der Waals surface area contributed by atoms with Crippen molar-refractivity contribution in [3.63, 3.8) is 0 Å². The van der Waals surface area contributed by atoms with E-state index in [1.165, 1.54) is 0 Å². The van der Waals surface area contributed by atoms with Crippen LogP contribution in [0, 0.1) is 6.92 Å². The normalized spacial score (nSPS) is 17.8. The highest BCUT2D eigenvalue weighted by atomic mass is 16.3. The third kappa shape index (κ3) is 2.59. The molecule has 3 aromatic rings. The Morgan fingerprint density at radius 3 is 3.09 bits per heavy atom. The van der Waals surface area contributed by atoms with Crippen LogP contribution < -0.4 is 0 Å². The van der Waals surface area contributed by atoms with Crippen molar-refractivity contribution in [2.45, 2.75) is 19.3 Å². The fraction of sp³-hybridized carbons (Fsp3) is 0.278. The van der Waals surface area contributed by atoms with Crippen molar-refractivity contribution < 1.29 is 9.21 Å². The van der Waals surface area contributed by atoms with E-state index in [9.17, 15) is 4.79 Å². The maximum absolute atomic E-state index is 12.5. The van der Waals surface area contributed by atoms with Crippen molar-refractivity contribution in [2.24, 2.45) is 0 Å². The number of carbonyl (C=O) groups is 1. The Balaban J connectivity index is 1.54. The van der Waals surface area contributed by atoms with E-state index in [0.717, 1.165) is 35.5 Å². The zero-order chi connectivity index (χ0) is 15.8. The molecule has 0 bridgehead atoms. The summed E-state index contributed by atoms with van der Waals surface area (Å²) in [7, 11) is 0. The smallest absolute Gasteiger partial charge is 0.255 e.